The van der Waals surface area contributed by atoms with Gasteiger partial charge in [0.2, 0.25) is 17.7 Å². The van der Waals surface area contributed by atoms with Crippen LogP contribution in [0.4, 0.5) is 0 Å². The molecule has 13 heteroatoms. The van der Waals surface area contributed by atoms with Gasteiger partial charge in [-0.25, -0.2) is 4.79 Å². The monoisotopic (exact) mass is 632 g/mol. The van der Waals surface area contributed by atoms with E-state index in [0.29, 0.717) is 5.56 Å². The molecule has 244 valence electrons. The molecule has 0 fully saturated rings. The van der Waals surface area contributed by atoms with Crippen LogP contribution >= 0.6 is 0 Å². The van der Waals surface area contributed by atoms with E-state index in [2.05, 4.69) is 25.9 Å². The van der Waals surface area contributed by atoms with E-state index in [1.165, 1.54) is 0 Å². The number of H-pyrrole nitrogens is 2. The highest BCUT2D eigenvalue weighted by Gasteiger charge is 2.31. The number of para-hydroxylation sites is 2. The molecule has 0 aliphatic heterocycles. The summed E-state index contributed by atoms with van der Waals surface area (Å²) < 4.78 is 0. The van der Waals surface area contributed by atoms with Gasteiger partial charge in [-0.15, -0.1) is 0 Å². The number of aromatic amines is 2. The number of nitrogens with one attached hydrogen (secondary N) is 5. The molecule has 4 aromatic rings. The quantitative estimate of drug-likeness (QED) is 0.0913. The molecule has 2 aromatic heterocycles. The van der Waals surface area contributed by atoms with E-state index >= 15 is 0 Å². The molecular formula is C33H40N6O7. The smallest absolute Gasteiger partial charge is 0.326 e. The van der Waals surface area contributed by atoms with Crippen LogP contribution in [0.1, 0.15) is 44.2 Å². The van der Waals surface area contributed by atoms with Crippen LogP contribution in [0, 0.1) is 5.92 Å². The number of aromatic nitrogens is 2. The minimum Gasteiger partial charge on any atom is -0.481 e. The second kappa shape index (κ2) is 15.2. The Morgan fingerprint density at radius 1 is 0.717 bits per heavy atom. The van der Waals surface area contributed by atoms with Crippen molar-refractivity contribution >= 4 is 51.5 Å². The van der Waals surface area contributed by atoms with Gasteiger partial charge in [-0.3, -0.25) is 19.2 Å². The number of carbonyl (C=O) groups excluding carboxylic acids is 3. The molecule has 2 heterocycles. The summed E-state index contributed by atoms with van der Waals surface area (Å²) in [4.78, 5) is 69.7. The van der Waals surface area contributed by atoms with Gasteiger partial charge in [0.25, 0.3) is 0 Å². The SMILES string of the molecule is CC(C)CC(NC(=O)C(CCC(=O)O)NC(=O)C(N)Cc1c[nH]c2ccccc12)C(=O)NC(Cc1c[nH]c2ccccc12)C(=O)O. The maximum absolute atomic E-state index is 13.5. The zero-order valence-corrected chi connectivity index (χ0v) is 25.7. The minimum atomic E-state index is -1.30. The van der Waals surface area contributed by atoms with Crippen molar-refractivity contribution in [1.82, 2.24) is 25.9 Å². The largest absolute Gasteiger partial charge is 0.481 e. The summed E-state index contributed by atoms with van der Waals surface area (Å²) in [7, 11) is 0. The highest BCUT2D eigenvalue weighted by Crippen LogP contribution is 2.20. The van der Waals surface area contributed by atoms with Gasteiger partial charge in [-0.2, -0.15) is 0 Å². The number of benzene rings is 2. The molecular weight excluding hydrogens is 592 g/mol. The molecule has 4 unspecified atom stereocenters. The first-order chi connectivity index (χ1) is 21.9. The molecule has 0 aliphatic carbocycles. The van der Waals surface area contributed by atoms with Crippen molar-refractivity contribution in [3.63, 3.8) is 0 Å². The lowest BCUT2D eigenvalue weighted by Crippen LogP contribution is -2.57. The first kappa shape index (κ1) is 33.7. The lowest BCUT2D eigenvalue weighted by Gasteiger charge is -2.26. The molecule has 9 N–H and O–H groups in total. The Balaban J connectivity index is 1.45. The van der Waals surface area contributed by atoms with Crippen LogP contribution in [0.15, 0.2) is 60.9 Å². The second-order valence-corrected chi connectivity index (χ2v) is 11.8. The Kier molecular flexibility index (Phi) is 11.2. The summed E-state index contributed by atoms with van der Waals surface area (Å²) in [6, 6.07) is 10.1. The van der Waals surface area contributed by atoms with Crippen molar-refractivity contribution in [2.45, 2.75) is 70.1 Å². The van der Waals surface area contributed by atoms with E-state index in [4.69, 9.17) is 5.73 Å². The zero-order chi connectivity index (χ0) is 33.4. The van der Waals surface area contributed by atoms with Crippen molar-refractivity contribution in [2.75, 3.05) is 0 Å². The number of nitrogens with two attached hydrogens (primary N) is 1. The maximum atomic E-state index is 13.5. The summed E-state index contributed by atoms with van der Waals surface area (Å²) in [6.45, 7) is 3.67. The Morgan fingerprint density at radius 2 is 1.22 bits per heavy atom. The minimum absolute atomic E-state index is 0.000949. The lowest BCUT2D eigenvalue weighted by molar-refractivity contribution is -0.142. The van der Waals surface area contributed by atoms with E-state index in [0.717, 1.165) is 27.4 Å². The van der Waals surface area contributed by atoms with Crippen LogP contribution in [0.25, 0.3) is 21.8 Å². The van der Waals surface area contributed by atoms with Gasteiger partial charge in [0.15, 0.2) is 0 Å². The van der Waals surface area contributed by atoms with Gasteiger partial charge in [0.05, 0.1) is 6.04 Å². The Labute approximate surface area is 265 Å². The lowest BCUT2D eigenvalue weighted by atomic mass is 10.00. The van der Waals surface area contributed by atoms with E-state index in [9.17, 15) is 34.2 Å². The molecule has 0 radical (unpaired) electrons. The van der Waals surface area contributed by atoms with E-state index in [1.54, 1.807) is 12.4 Å². The Morgan fingerprint density at radius 3 is 1.76 bits per heavy atom. The number of hydrogen-bond acceptors (Lipinski definition) is 6. The molecule has 2 aromatic carbocycles. The van der Waals surface area contributed by atoms with Crippen molar-refractivity contribution in [3.05, 3.63) is 72.1 Å². The highest BCUT2D eigenvalue weighted by molar-refractivity contribution is 5.95. The topological polar surface area (TPSA) is 219 Å². The summed E-state index contributed by atoms with van der Waals surface area (Å²) in [5, 5.41) is 28.6. The number of aliphatic carboxylic acids is 2. The normalized spacial score (nSPS) is 14.0. The number of rotatable bonds is 16. The van der Waals surface area contributed by atoms with Gasteiger partial charge in [0.1, 0.15) is 18.1 Å². The molecule has 3 amide bonds. The fourth-order valence-corrected chi connectivity index (χ4v) is 5.41. The van der Waals surface area contributed by atoms with E-state index in [1.807, 2.05) is 62.4 Å². The summed E-state index contributed by atoms with van der Waals surface area (Å²) >= 11 is 0. The molecule has 0 bridgehead atoms. The average Bonchev–Trinajstić information content (AvgIpc) is 3.62. The third kappa shape index (κ3) is 8.72. The van der Waals surface area contributed by atoms with E-state index in [-0.39, 0.29) is 31.6 Å². The predicted molar refractivity (Wildman–Crippen MR) is 172 cm³/mol. The van der Waals surface area contributed by atoms with E-state index < -0.39 is 60.2 Å². The van der Waals surface area contributed by atoms with Crippen LogP contribution in [0.3, 0.4) is 0 Å². The number of carboxylic acids is 2. The van der Waals surface area contributed by atoms with Crippen LogP contribution in [-0.4, -0.2) is 74.0 Å². The van der Waals surface area contributed by atoms with Crippen LogP contribution < -0.4 is 21.7 Å². The van der Waals surface area contributed by atoms with Crippen molar-refractivity contribution in [1.29, 1.82) is 0 Å². The van der Waals surface area contributed by atoms with Crippen molar-refractivity contribution in [3.8, 4) is 0 Å². The van der Waals surface area contributed by atoms with Gasteiger partial charge in [-0.05, 0) is 48.4 Å². The van der Waals surface area contributed by atoms with Gasteiger partial charge < -0.3 is 41.9 Å². The van der Waals surface area contributed by atoms with Crippen LogP contribution in [0.5, 0.6) is 0 Å². The molecule has 13 nitrogen and oxygen atoms in total. The number of fused-ring (bicyclic) bond motifs is 2. The summed E-state index contributed by atoms with van der Waals surface area (Å²) in [5.41, 5.74) is 9.41. The summed E-state index contributed by atoms with van der Waals surface area (Å²) in [5.74, 6) is -4.65. The van der Waals surface area contributed by atoms with Gasteiger partial charge in [-0.1, -0.05) is 50.2 Å². The molecule has 0 spiro atoms. The molecule has 0 saturated carbocycles. The van der Waals surface area contributed by atoms with Gasteiger partial charge >= 0.3 is 11.9 Å². The van der Waals surface area contributed by atoms with Crippen molar-refractivity contribution < 1.29 is 34.2 Å². The Bertz CT molecular complexity index is 1710. The number of carbonyl (C=O) groups is 5. The van der Waals surface area contributed by atoms with Crippen LogP contribution in [0.2, 0.25) is 0 Å². The van der Waals surface area contributed by atoms with Gasteiger partial charge in [0, 0.05) is 47.0 Å². The third-order valence-corrected chi connectivity index (χ3v) is 7.79. The third-order valence-electron chi connectivity index (χ3n) is 7.79. The molecule has 4 atom stereocenters. The first-order valence-corrected chi connectivity index (χ1v) is 15.1. The Hall–Kier alpha value is -5.17. The fraction of sp³-hybridized carbons (Fsp3) is 0.364. The predicted octanol–water partition coefficient (Wildman–Crippen LogP) is 2.21. The fourth-order valence-electron chi connectivity index (χ4n) is 5.41. The second-order valence-electron chi connectivity index (χ2n) is 11.8. The number of hydrogen-bond donors (Lipinski definition) is 8. The maximum Gasteiger partial charge on any atom is 0.326 e. The number of amides is 3. The van der Waals surface area contributed by atoms with Crippen LogP contribution in [-0.2, 0) is 36.8 Å². The molecule has 0 aliphatic rings. The van der Waals surface area contributed by atoms with Crippen molar-refractivity contribution in [2.24, 2.45) is 11.7 Å². The first-order valence-electron chi connectivity index (χ1n) is 15.1. The standard InChI is InChI=1S/C33H40N6O7/c1-18(2)13-27(32(44)39-28(33(45)46)15-20-17-36-25-10-6-4-8-22(20)25)38-31(43)26(11-12-29(40)41)37-30(42)23(34)14-19-16-35-24-9-5-3-7-21(19)24/h3-10,16-18,23,26-28,35-36H,11-15,34H2,1-2H3,(H,37,42)(H,38,43)(H,39,44)(H,40,41)(H,45,46). The molecule has 46 heavy (non-hydrogen) atoms. The summed E-state index contributed by atoms with van der Waals surface area (Å²) in [6.07, 6.45) is 3.09. The average molecular weight is 633 g/mol. The number of carboxylic acid groups (broad SMARTS) is 2. The molecule has 0 saturated heterocycles. The zero-order valence-electron chi connectivity index (χ0n) is 25.7. The molecule has 4 rings (SSSR count). The highest BCUT2D eigenvalue weighted by atomic mass is 16.4.